The SMILES string of the molecule is Cc1cc(C)c(/C=C/[C@@H](C)O)c(C)c1. The van der Waals surface area contributed by atoms with Crippen LogP contribution in [0, 0.1) is 20.8 Å². The lowest BCUT2D eigenvalue weighted by atomic mass is 9.99. The molecule has 0 bridgehead atoms. The average Bonchev–Trinajstić information content (AvgIpc) is 2.01. The predicted octanol–water partition coefficient (Wildman–Crippen LogP) is 3.01. The van der Waals surface area contributed by atoms with Crippen molar-refractivity contribution in [1.29, 1.82) is 0 Å². The van der Waals surface area contributed by atoms with Crippen LogP contribution in [0.1, 0.15) is 29.2 Å². The van der Waals surface area contributed by atoms with Crippen LogP contribution in [0.5, 0.6) is 0 Å². The Hall–Kier alpha value is -1.08. The summed E-state index contributed by atoms with van der Waals surface area (Å²) in [6.07, 6.45) is 3.43. The van der Waals surface area contributed by atoms with Gasteiger partial charge in [-0.2, -0.15) is 0 Å². The summed E-state index contributed by atoms with van der Waals surface area (Å²) in [5, 5.41) is 9.16. The molecule has 0 saturated heterocycles. The second kappa shape index (κ2) is 4.43. The summed E-state index contributed by atoms with van der Waals surface area (Å²) in [7, 11) is 0. The Kier molecular flexibility index (Phi) is 3.48. The molecule has 0 aliphatic heterocycles. The van der Waals surface area contributed by atoms with Crippen LogP contribution in [-0.2, 0) is 0 Å². The third kappa shape index (κ3) is 2.71. The Morgan fingerprint density at radius 3 is 2.07 bits per heavy atom. The van der Waals surface area contributed by atoms with E-state index in [1.165, 1.54) is 22.3 Å². The molecule has 1 N–H and O–H groups in total. The summed E-state index contributed by atoms with van der Waals surface area (Å²) in [6, 6.07) is 4.32. The summed E-state index contributed by atoms with van der Waals surface area (Å²) in [5.74, 6) is 0. The number of benzene rings is 1. The lowest BCUT2D eigenvalue weighted by Crippen LogP contribution is -1.93. The maximum absolute atomic E-state index is 9.16. The van der Waals surface area contributed by atoms with Crippen LogP contribution in [0.15, 0.2) is 18.2 Å². The zero-order valence-corrected chi connectivity index (χ0v) is 9.33. The maximum Gasteiger partial charge on any atom is 0.0696 e. The predicted molar refractivity (Wildman–Crippen MR) is 61.4 cm³/mol. The molecular weight excluding hydrogens is 172 g/mol. The number of aliphatic hydroxyl groups is 1. The van der Waals surface area contributed by atoms with E-state index in [-0.39, 0.29) is 6.10 Å². The van der Waals surface area contributed by atoms with Gasteiger partial charge in [0.15, 0.2) is 0 Å². The molecule has 0 aliphatic carbocycles. The van der Waals surface area contributed by atoms with Gasteiger partial charge in [-0.05, 0) is 44.4 Å². The first-order valence-electron chi connectivity index (χ1n) is 4.95. The molecule has 1 atom stereocenters. The van der Waals surface area contributed by atoms with Gasteiger partial charge in [-0.25, -0.2) is 0 Å². The molecule has 0 aromatic heterocycles. The van der Waals surface area contributed by atoms with E-state index in [1.807, 2.05) is 12.2 Å². The lowest BCUT2D eigenvalue weighted by molar-refractivity contribution is 0.245. The summed E-state index contributed by atoms with van der Waals surface area (Å²) in [6.45, 7) is 8.06. The number of hydrogen-bond acceptors (Lipinski definition) is 1. The molecule has 14 heavy (non-hydrogen) atoms. The number of aliphatic hydroxyl groups excluding tert-OH is 1. The van der Waals surface area contributed by atoms with Gasteiger partial charge < -0.3 is 5.11 Å². The first kappa shape index (κ1) is 11.0. The van der Waals surface area contributed by atoms with Crippen molar-refractivity contribution in [1.82, 2.24) is 0 Å². The Bertz CT molecular complexity index is 325. The molecule has 0 heterocycles. The molecule has 76 valence electrons. The van der Waals surface area contributed by atoms with Gasteiger partial charge in [0.05, 0.1) is 6.10 Å². The van der Waals surface area contributed by atoms with Gasteiger partial charge in [0.2, 0.25) is 0 Å². The molecule has 1 rings (SSSR count). The van der Waals surface area contributed by atoms with Crippen LogP contribution in [0.3, 0.4) is 0 Å². The quantitative estimate of drug-likeness (QED) is 0.760. The lowest BCUT2D eigenvalue weighted by Gasteiger charge is -2.07. The minimum atomic E-state index is -0.380. The smallest absolute Gasteiger partial charge is 0.0696 e. The Morgan fingerprint density at radius 2 is 1.64 bits per heavy atom. The zero-order chi connectivity index (χ0) is 10.7. The van der Waals surface area contributed by atoms with E-state index in [2.05, 4.69) is 32.9 Å². The molecule has 0 spiro atoms. The van der Waals surface area contributed by atoms with Gasteiger partial charge in [0.1, 0.15) is 0 Å². The largest absolute Gasteiger partial charge is 0.389 e. The standard InChI is InChI=1S/C13H18O/c1-9-7-10(2)13(11(3)8-9)6-5-12(4)14/h5-8,12,14H,1-4H3/b6-5+/t12-/m1/s1. The molecule has 1 aromatic carbocycles. The van der Waals surface area contributed by atoms with Gasteiger partial charge >= 0.3 is 0 Å². The highest BCUT2D eigenvalue weighted by Gasteiger charge is 2.00. The van der Waals surface area contributed by atoms with Crippen molar-refractivity contribution in [3.63, 3.8) is 0 Å². The van der Waals surface area contributed by atoms with Gasteiger partial charge in [0.25, 0.3) is 0 Å². The summed E-state index contributed by atoms with van der Waals surface area (Å²) in [5.41, 5.74) is 5.03. The fourth-order valence-electron chi connectivity index (χ4n) is 1.69. The number of rotatable bonds is 2. The highest BCUT2D eigenvalue weighted by Crippen LogP contribution is 2.17. The molecule has 1 heteroatoms. The Balaban J connectivity index is 3.09. The molecular formula is C13H18O. The van der Waals surface area contributed by atoms with Crippen molar-refractivity contribution >= 4 is 6.08 Å². The van der Waals surface area contributed by atoms with E-state index in [0.717, 1.165) is 0 Å². The Morgan fingerprint density at radius 1 is 1.14 bits per heavy atom. The summed E-state index contributed by atoms with van der Waals surface area (Å²) in [4.78, 5) is 0. The monoisotopic (exact) mass is 190 g/mol. The minimum Gasteiger partial charge on any atom is -0.389 e. The molecule has 0 radical (unpaired) electrons. The van der Waals surface area contributed by atoms with Crippen LogP contribution < -0.4 is 0 Å². The highest BCUT2D eigenvalue weighted by atomic mass is 16.3. The second-order valence-electron chi connectivity index (χ2n) is 3.91. The molecule has 0 amide bonds. The van der Waals surface area contributed by atoms with Gasteiger partial charge in [0, 0.05) is 0 Å². The molecule has 0 fully saturated rings. The number of aryl methyl sites for hydroxylation is 3. The first-order valence-corrected chi connectivity index (χ1v) is 4.95. The maximum atomic E-state index is 9.16. The average molecular weight is 190 g/mol. The fourth-order valence-corrected chi connectivity index (χ4v) is 1.69. The molecule has 0 saturated carbocycles. The van der Waals surface area contributed by atoms with E-state index < -0.39 is 0 Å². The normalized spacial score (nSPS) is 13.5. The van der Waals surface area contributed by atoms with Crippen molar-refractivity contribution in [2.45, 2.75) is 33.8 Å². The topological polar surface area (TPSA) is 20.2 Å². The molecule has 0 unspecified atom stereocenters. The van der Waals surface area contributed by atoms with Gasteiger partial charge in [-0.3, -0.25) is 0 Å². The van der Waals surface area contributed by atoms with Crippen LogP contribution in [-0.4, -0.2) is 11.2 Å². The van der Waals surface area contributed by atoms with Crippen molar-refractivity contribution in [3.05, 3.63) is 40.5 Å². The van der Waals surface area contributed by atoms with E-state index in [0.29, 0.717) is 0 Å². The van der Waals surface area contributed by atoms with Crippen molar-refractivity contribution in [2.75, 3.05) is 0 Å². The van der Waals surface area contributed by atoms with Crippen molar-refractivity contribution in [2.24, 2.45) is 0 Å². The van der Waals surface area contributed by atoms with Gasteiger partial charge in [-0.15, -0.1) is 0 Å². The molecule has 1 nitrogen and oxygen atoms in total. The highest BCUT2D eigenvalue weighted by molar-refractivity contribution is 5.58. The fraction of sp³-hybridized carbons (Fsp3) is 0.385. The number of hydrogen-bond donors (Lipinski definition) is 1. The Labute approximate surface area is 86.1 Å². The van der Waals surface area contributed by atoms with Crippen LogP contribution in [0.4, 0.5) is 0 Å². The van der Waals surface area contributed by atoms with E-state index in [1.54, 1.807) is 6.92 Å². The third-order valence-electron chi connectivity index (χ3n) is 2.28. The second-order valence-corrected chi connectivity index (χ2v) is 3.91. The van der Waals surface area contributed by atoms with E-state index in [9.17, 15) is 0 Å². The molecule has 0 aliphatic rings. The zero-order valence-electron chi connectivity index (χ0n) is 9.33. The summed E-state index contributed by atoms with van der Waals surface area (Å²) >= 11 is 0. The van der Waals surface area contributed by atoms with Crippen LogP contribution in [0.2, 0.25) is 0 Å². The summed E-state index contributed by atoms with van der Waals surface area (Å²) < 4.78 is 0. The van der Waals surface area contributed by atoms with E-state index >= 15 is 0 Å². The van der Waals surface area contributed by atoms with Crippen LogP contribution >= 0.6 is 0 Å². The third-order valence-corrected chi connectivity index (χ3v) is 2.28. The minimum absolute atomic E-state index is 0.380. The van der Waals surface area contributed by atoms with Crippen molar-refractivity contribution < 1.29 is 5.11 Å². The van der Waals surface area contributed by atoms with Crippen LogP contribution in [0.25, 0.3) is 6.08 Å². The molecule has 1 aromatic rings. The van der Waals surface area contributed by atoms with Gasteiger partial charge in [-0.1, -0.05) is 29.8 Å². The van der Waals surface area contributed by atoms with E-state index in [4.69, 9.17) is 5.11 Å². The van der Waals surface area contributed by atoms with Crippen molar-refractivity contribution in [3.8, 4) is 0 Å². The first-order chi connectivity index (χ1) is 6.50.